The van der Waals surface area contributed by atoms with E-state index in [4.69, 9.17) is 14.6 Å². The Morgan fingerprint density at radius 1 is 1.15 bits per heavy atom. The number of piperidine rings is 1. The topological polar surface area (TPSA) is 59.0 Å². The van der Waals surface area contributed by atoms with Gasteiger partial charge in [0.05, 0.1) is 6.10 Å². The van der Waals surface area contributed by atoms with Crippen LogP contribution in [0.15, 0.2) is 42.5 Å². The van der Waals surface area contributed by atoms with E-state index < -0.39 is 5.97 Å². The summed E-state index contributed by atoms with van der Waals surface area (Å²) in [5, 5.41) is 8.92. The van der Waals surface area contributed by atoms with Crippen molar-refractivity contribution in [2.75, 3.05) is 26.8 Å². The number of likely N-dealkylation sites (tertiary alicyclic amines) is 1. The first-order valence-electron chi connectivity index (χ1n) is 9.04. The van der Waals surface area contributed by atoms with E-state index in [0.717, 1.165) is 42.6 Å². The van der Waals surface area contributed by atoms with E-state index in [9.17, 15) is 9.18 Å². The molecule has 1 aliphatic rings. The predicted octanol–water partition coefficient (Wildman–Crippen LogP) is 3.57. The minimum atomic E-state index is -1.01. The number of carbonyl (C=O) groups is 1. The Kier molecular flexibility index (Phi) is 6.42. The molecule has 0 bridgehead atoms. The number of nitrogens with zero attached hydrogens (tertiary/aromatic N) is 1. The first kappa shape index (κ1) is 19.3. The average molecular weight is 373 g/mol. The number of benzene rings is 2. The third-order valence-corrected chi connectivity index (χ3v) is 4.85. The van der Waals surface area contributed by atoms with E-state index in [2.05, 4.69) is 4.90 Å². The molecule has 0 aliphatic carbocycles. The predicted molar refractivity (Wildman–Crippen MR) is 100 cm³/mol. The zero-order valence-corrected chi connectivity index (χ0v) is 15.4. The first-order chi connectivity index (χ1) is 13.0. The van der Waals surface area contributed by atoms with Crippen molar-refractivity contribution < 1.29 is 23.8 Å². The molecule has 6 heteroatoms. The van der Waals surface area contributed by atoms with Crippen LogP contribution in [0, 0.1) is 5.82 Å². The molecule has 2 aromatic rings. The lowest BCUT2D eigenvalue weighted by Gasteiger charge is -2.31. The molecule has 1 saturated heterocycles. The fourth-order valence-corrected chi connectivity index (χ4v) is 3.35. The molecule has 0 radical (unpaired) electrons. The quantitative estimate of drug-likeness (QED) is 0.804. The van der Waals surface area contributed by atoms with Gasteiger partial charge in [-0.1, -0.05) is 18.2 Å². The smallest absolute Gasteiger partial charge is 0.341 e. The summed E-state index contributed by atoms with van der Waals surface area (Å²) < 4.78 is 24.1. The van der Waals surface area contributed by atoms with Gasteiger partial charge in [-0.2, -0.15) is 0 Å². The van der Waals surface area contributed by atoms with Crippen LogP contribution in [-0.2, 0) is 16.1 Å². The van der Waals surface area contributed by atoms with Crippen molar-refractivity contribution in [2.24, 2.45) is 0 Å². The van der Waals surface area contributed by atoms with Gasteiger partial charge >= 0.3 is 5.97 Å². The SMILES string of the molecule is COC1CCN(Cc2cc(-c3ccc(F)cc3)ccc2OCC(=O)O)CC1. The van der Waals surface area contributed by atoms with Crippen LogP contribution in [-0.4, -0.2) is 48.9 Å². The molecule has 0 saturated carbocycles. The molecule has 0 atom stereocenters. The molecule has 27 heavy (non-hydrogen) atoms. The Bertz CT molecular complexity index is 770. The highest BCUT2D eigenvalue weighted by atomic mass is 19.1. The lowest BCUT2D eigenvalue weighted by molar-refractivity contribution is -0.139. The lowest BCUT2D eigenvalue weighted by atomic mass is 10.0. The van der Waals surface area contributed by atoms with E-state index in [1.807, 2.05) is 12.1 Å². The highest BCUT2D eigenvalue weighted by Gasteiger charge is 2.20. The van der Waals surface area contributed by atoms with Gasteiger partial charge < -0.3 is 14.6 Å². The molecule has 2 aromatic carbocycles. The number of rotatable bonds is 7. The van der Waals surface area contributed by atoms with Crippen molar-refractivity contribution >= 4 is 5.97 Å². The number of ether oxygens (including phenoxy) is 2. The van der Waals surface area contributed by atoms with Crippen LogP contribution >= 0.6 is 0 Å². The van der Waals surface area contributed by atoms with Gasteiger partial charge in [0.2, 0.25) is 0 Å². The molecule has 1 aliphatic heterocycles. The second-order valence-corrected chi connectivity index (χ2v) is 6.72. The molecule has 0 aromatic heterocycles. The van der Waals surface area contributed by atoms with Crippen molar-refractivity contribution in [3.05, 3.63) is 53.8 Å². The summed E-state index contributed by atoms with van der Waals surface area (Å²) in [5.41, 5.74) is 2.77. The highest BCUT2D eigenvalue weighted by molar-refractivity contribution is 5.69. The Hall–Kier alpha value is -2.44. The largest absolute Gasteiger partial charge is 0.482 e. The summed E-state index contributed by atoms with van der Waals surface area (Å²) in [4.78, 5) is 13.2. The minimum Gasteiger partial charge on any atom is -0.482 e. The van der Waals surface area contributed by atoms with Crippen LogP contribution in [0.4, 0.5) is 4.39 Å². The summed E-state index contributed by atoms with van der Waals surface area (Å²) in [6.07, 6.45) is 2.24. The normalized spacial score (nSPS) is 15.6. The van der Waals surface area contributed by atoms with Gasteiger partial charge in [-0.25, -0.2) is 9.18 Å². The molecule has 1 fully saturated rings. The molecule has 0 amide bonds. The summed E-state index contributed by atoms with van der Waals surface area (Å²) in [6.45, 7) is 2.12. The monoisotopic (exact) mass is 373 g/mol. The Balaban J connectivity index is 1.81. The first-order valence-corrected chi connectivity index (χ1v) is 9.04. The maximum absolute atomic E-state index is 13.2. The van der Waals surface area contributed by atoms with E-state index in [-0.39, 0.29) is 12.4 Å². The highest BCUT2D eigenvalue weighted by Crippen LogP contribution is 2.29. The number of aliphatic carboxylic acids is 1. The summed E-state index contributed by atoms with van der Waals surface area (Å²) in [6, 6.07) is 12.0. The van der Waals surface area contributed by atoms with Gasteiger partial charge in [0.15, 0.2) is 6.61 Å². The number of halogens is 1. The minimum absolute atomic E-state index is 0.276. The van der Waals surface area contributed by atoms with Crippen molar-refractivity contribution in [1.82, 2.24) is 4.90 Å². The van der Waals surface area contributed by atoms with Crippen LogP contribution in [0.25, 0.3) is 11.1 Å². The fourth-order valence-electron chi connectivity index (χ4n) is 3.35. The van der Waals surface area contributed by atoms with Gasteiger partial charge in [-0.05, 0) is 48.2 Å². The zero-order valence-electron chi connectivity index (χ0n) is 15.4. The molecule has 3 rings (SSSR count). The van der Waals surface area contributed by atoms with Crippen LogP contribution in [0.5, 0.6) is 5.75 Å². The zero-order chi connectivity index (χ0) is 19.2. The van der Waals surface area contributed by atoms with Crippen LogP contribution in [0.1, 0.15) is 18.4 Å². The molecule has 5 nitrogen and oxygen atoms in total. The molecular formula is C21H24FNO4. The molecule has 0 spiro atoms. The number of hydrogen-bond acceptors (Lipinski definition) is 4. The molecule has 1 N–H and O–H groups in total. The van der Waals surface area contributed by atoms with Crippen LogP contribution < -0.4 is 4.74 Å². The van der Waals surface area contributed by atoms with Gasteiger partial charge in [-0.15, -0.1) is 0 Å². The third-order valence-electron chi connectivity index (χ3n) is 4.85. The van der Waals surface area contributed by atoms with Crippen molar-refractivity contribution in [1.29, 1.82) is 0 Å². The molecule has 1 heterocycles. The van der Waals surface area contributed by atoms with Gasteiger partial charge in [-0.3, -0.25) is 4.90 Å². The summed E-state index contributed by atoms with van der Waals surface area (Å²) in [5.74, 6) is -0.719. The molecule has 144 valence electrons. The number of hydrogen-bond donors (Lipinski definition) is 1. The average Bonchev–Trinajstić information content (AvgIpc) is 2.68. The Labute approximate surface area is 158 Å². The van der Waals surface area contributed by atoms with E-state index in [1.165, 1.54) is 12.1 Å². The number of methoxy groups -OCH3 is 1. The maximum Gasteiger partial charge on any atom is 0.341 e. The lowest BCUT2D eigenvalue weighted by Crippen LogP contribution is -2.36. The van der Waals surface area contributed by atoms with Gasteiger partial charge in [0, 0.05) is 32.3 Å². The standard InChI is InChI=1S/C21H24FNO4/c1-26-19-8-10-23(11-9-19)13-17-12-16(15-2-5-18(22)6-3-15)4-7-20(17)27-14-21(24)25/h2-7,12,19H,8-11,13-14H2,1H3,(H,24,25). The second kappa shape index (κ2) is 8.97. The fraction of sp³-hybridized carbons (Fsp3) is 0.381. The number of carboxylic acid groups (broad SMARTS) is 1. The maximum atomic E-state index is 13.2. The van der Waals surface area contributed by atoms with Crippen molar-refractivity contribution in [2.45, 2.75) is 25.5 Å². The van der Waals surface area contributed by atoms with Crippen LogP contribution in [0.2, 0.25) is 0 Å². The van der Waals surface area contributed by atoms with Gasteiger partial charge in [0.25, 0.3) is 0 Å². The molecular weight excluding hydrogens is 349 g/mol. The Morgan fingerprint density at radius 2 is 1.81 bits per heavy atom. The summed E-state index contributed by atoms with van der Waals surface area (Å²) in [7, 11) is 1.74. The molecule has 0 unspecified atom stereocenters. The van der Waals surface area contributed by atoms with E-state index in [1.54, 1.807) is 25.3 Å². The number of carboxylic acids is 1. The van der Waals surface area contributed by atoms with E-state index >= 15 is 0 Å². The van der Waals surface area contributed by atoms with Crippen molar-refractivity contribution in [3.63, 3.8) is 0 Å². The van der Waals surface area contributed by atoms with Gasteiger partial charge in [0.1, 0.15) is 11.6 Å². The Morgan fingerprint density at radius 3 is 2.44 bits per heavy atom. The summed E-state index contributed by atoms with van der Waals surface area (Å²) >= 11 is 0. The van der Waals surface area contributed by atoms with Crippen LogP contribution in [0.3, 0.4) is 0 Å². The second-order valence-electron chi connectivity index (χ2n) is 6.72. The van der Waals surface area contributed by atoms with E-state index in [0.29, 0.717) is 18.4 Å². The van der Waals surface area contributed by atoms with Crippen molar-refractivity contribution in [3.8, 4) is 16.9 Å². The third kappa shape index (κ3) is 5.28.